The third-order valence-electron chi connectivity index (χ3n) is 3.11. The van der Waals surface area contributed by atoms with Gasteiger partial charge in [0, 0.05) is 13.1 Å². The van der Waals surface area contributed by atoms with Crippen molar-refractivity contribution in [3.63, 3.8) is 0 Å². The van der Waals surface area contributed by atoms with Crippen molar-refractivity contribution in [3.05, 3.63) is 35.1 Å². The van der Waals surface area contributed by atoms with Crippen LogP contribution in [-0.2, 0) is 6.54 Å². The summed E-state index contributed by atoms with van der Waals surface area (Å²) in [6, 6.07) is 4.04. The van der Waals surface area contributed by atoms with Crippen LogP contribution >= 0.6 is 0 Å². The number of benzene rings is 1. The number of hydrogen-bond acceptors (Lipinski definition) is 3. The molecule has 1 aromatic rings. The molecule has 98 valence electrons. The zero-order chi connectivity index (χ0) is 13.1. The molecule has 0 radical (unpaired) electrons. The number of halogens is 1. The van der Waals surface area contributed by atoms with Crippen LogP contribution in [0.15, 0.2) is 18.2 Å². The summed E-state index contributed by atoms with van der Waals surface area (Å²) in [5.74, 6) is -1.59. The molecule has 1 aliphatic carbocycles. The quantitative estimate of drug-likeness (QED) is 0.716. The highest BCUT2D eigenvalue weighted by atomic mass is 19.1. The minimum absolute atomic E-state index is 0.322. The van der Waals surface area contributed by atoms with Gasteiger partial charge in [0.25, 0.3) is 0 Å². The smallest absolute Gasteiger partial charge is 0.338 e. The summed E-state index contributed by atoms with van der Waals surface area (Å²) in [5, 5.41) is 21.3. The Balaban J connectivity index is 1.85. The van der Waals surface area contributed by atoms with Crippen molar-refractivity contribution in [3.8, 4) is 0 Å². The van der Waals surface area contributed by atoms with Crippen molar-refractivity contribution in [1.82, 2.24) is 5.32 Å². The van der Waals surface area contributed by atoms with Gasteiger partial charge >= 0.3 is 5.97 Å². The summed E-state index contributed by atoms with van der Waals surface area (Å²) in [5.41, 5.74) is 0.345. The molecular formula is C13H16FNO3. The molecule has 0 bridgehead atoms. The first-order valence-corrected chi connectivity index (χ1v) is 5.98. The summed E-state index contributed by atoms with van der Waals surface area (Å²) >= 11 is 0. The first kappa shape index (κ1) is 13.0. The molecule has 2 rings (SSSR count). The predicted octanol–water partition coefficient (Wildman–Crippen LogP) is 1.38. The molecule has 1 fully saturated rings. The molecule has 0 heterocycles. The fourth-order valence-corrected chi connectivity index (χ4v) is 1.85. The summed E-state index contributed by atoms with van der Waals surface area (Å²) in [6.45, 7) is 0.896. The van der Waals surface area contributed by atoms with E-state index in [0.717, 1.165) is 12.8 Å². The lowest BCUT2D eigenvalue weighted by molar-refractivity contribution is 0.0692. The van der Waals surface area contributed by atoms with Gasteiger partial charge in [-0.25, -0.2) is 9.18 Å². The Kier molecular flexibility index (Phi) is 3.93. The number of carboxylic acids is 1. The van der Waals surface area contributed by atoms with Gasteiger partial charge in [-0.2, -0.15) is 0 Å². The summed E-state index contributed by atoms with van der Waals surface area (Å²) in [4.78, 5) is 10.6. The molecular weight excluding hydrogens is 237 g/mol. The number of carbonyl (C=O) groups is 1. The fraction of sp³-hybridized carbons (Fsp3) is 0.462. The van der Waals surface area contributed by atoms with Gasteiger partial charge in [0.05, 0.1) is 11.7 Å². The maximum Gasteiger partial charge on any atom is 0.338 e. The van der Waals surface area contributed by atoms with Crippen LogP contribution in [0.1, 0.15) is 28.8 Å². The van der Waals surface area contributed by atoms with Gasteiger partial charge in [-0.3, -0.25) is 0 Å². The molecule has 1 aliphatic rings. The van der Waals surface area contributed by atoms with Crippen LogP contribution in [0.4, 0.5) is 4.39 Å². The van der Waals surface area contributed by atoms with E-state index in [1.807, 2.05) is 0 Å². The zero-order valence-electron chi connectivity index (χ0n) is 9.90. The summed E-state index contributed by atoms with van der Waals surface area (Å²) < 4.78 is 13.4. The molecule has 0 saturated heterocycles. The first-order valence-electron chi connectivity index (χ1n) is 5.98. The van der Waals surface area contributed by atoms with Crippen molar-refractivity contribution < 1.29 is 19.4 Å². The molecule has 1 aromatic carbocycles. The number of carboxylic acid groups (broad SMARTS) is 1. The number of hydrogen-bond donors (Lipinski definition) is 3. The average Bonchev–Trinajstić information content (AvgIpc) is 3.12. The summed E-state index contributed by atoms with van der Waals surface area (Å²) in [7, 11) is 0. The van der Waals surface area contributed by atoms with E-state index in [-0.39, 0.29) is 11.7 Å². The van der Waals surface area contributed by atoms with Crippen molar-refractivity contribution in [1.29, 1.82) is 0 Å². The van der Waals surface area contributed by atoms with Gasteiger partial charge in [-0.15, -0.1) is 0 Å². The van der Waals surface area contributed by atoms with E-state index >= 15 is 0 Å². The highest BCUT2D eigenvalue weighted by Gasteiger charge is 2.29. The van der Waals surface area contributed by atoms with Crippen LogP contribution < -0.4 is 5.32 Å². The maximum atomic E-state index is 13.4. The SMILES string of the molecule is O=C(O)c1ccc(CNCC(O)C2CC2)cc1F. The van der Waals surface area contributed by atoms with Gasteiger partial charge in [0.15, 0.2) is 0 Å². The van der Waals surface area contributed by atoms with Crippen molar-refractivity contribution in [2.24, 2.45) is 5.92 Å². The van der Waals surface area contributed by atoms with E-state index in [2.05, 4.69) is 5.32 Å². The number of rotatable bonds is 6. The second-order valence-electron chi connectivity index (χ2n) is 4.66. The molecule has 3 N–H and O–H groups in total. The standard InChI is InChI=1S/C13H16FNO3/c14-11-5-8(1-4-10(11)13(17)18)6-15-7-12(16)9-2-3-9/h1,4-5,9,12,15-16H,2-3,6-7H2,(H,17,18). The Bertz CT molecular complexity index is 446. The fourth-order valence-electron chi connectivity index (χ4n) is 1.85. The average molecular weight is 253 g/mol. The Labute approximate surface area is 104 Å². The van der Waals surface area contributed by atoms with Crippen LogP contribution in [0.5, 0.6) is 0 Å². The lowest BCUT2D eigenvalue weighted by Crippen LogP contribution is -2.27. The van der Waals surface area contributed by atoms with Crippen LogP contribution in [0.3, 0.4) is 0 Å². The van der Waals surface area contributed by atoms with Crippen molar-refractivity contribution in [2.45, 2.75) is 25.5 Å². The van der Waals surface area contributed by atoms with Crippen molar-refractivity contribution in [2.75, 3.05) is 6.54 Å². The van der Waals surface area contributed by atoms with Gasteiger partial charge < -0.3 is 15.5 Å². The van der Waals surface area contributed by atoms with Gasteiger partial charge in [0.1, 0.15) is 5.82 Å². The molecule has 0 aromatic heterocycles. The van der Waals surface area contributed by atoms with E-state index < -0.39 is 11.8 Å². The van der Waals surface area contributed by atoms with Crippen LogP contribution in [-0.4, -0.2) is 28.8 Å². The Morgan fingerprint density at radius 1 is 1.50 bits per heavy atom. The van der Waals surface area contributed by atoms with Gasteiger partial charge in [0.2, 0.25) is 0 Å². The predicted molar refractivity (Wildman–Crippen MR) is 63.8 cm³/mol. The second kappa shape index (κ2) is 5.46. The molecule has 5 heteroatoms. The number of nitrogens with one attached hydrogen (secondary N) is 1. The molecule has 1 unspecified atom stereocenters. The first-order chi connectivity index (χ1) is 8.58. The van der Waals surface area contributed by atoms with Gasteiger partial charge in [-0.05, 0) is 36.5 Å². The Morgan fingerprint density at radius 2 is 2.22 bits per heavy atom. The van der Waals surface area contributed by atoms with Crippen LogP contribution in [0, 0.1) is 11.7 Å². The lowest BCUT2D eigenvalue weighted by Gasteiger charge is -2.10. The third kappa shape index (κ3) is 3.27. The van der Waals surface area contributed by atoms with E-state index in [1.165, 1.54) is 12.1 Å². The molecule has 0 amide bonds. The monoisotopic (exact) mass is 253 g/mol. The van der Waals surface area contributed by atoms with E-state index in [0.29, 0.717) is 24.6 Å². The molecule has 0 aliphatic heterocycles. The highest BCUT2D eigenvalue weighted by Crippen LogP contribution is 2.32. The van der Waals surface area contributed by atoms with Crippen LogP contribution in [0.25, 0.3) is 0 Å². The Morgan fingerprint density at radius 3 is 2.78 bits per heavy atom. The van der Waals surface area contributed by atoms with Crippen LogP contribution in [0.2, 0.25) is 0 Å². The Hall–Kier alpha value is -1.46. The largest absolute Gasteiger partial charge is 0.478 e. The molecule has 1 saturated carbocycles. The lowest BCUT2D eigenvalue weighted by atomic mass is 10.1. The van der Waals surface area contributed by atoms with Gasteiger partial charge in [-0.1, -0.05) is 6.07 Å². The third-order valence-corrected chi connectivity index (χ3v) is 3.11. The number of aliphatic hydroxyl groups excluding tert-OH is 1. The molecule has 4 nitrogen and oxygen atoms in total. The van der Waals surface area contributed by atoms with Crippen molar-refractivity contribution >= 4 is 5.97 Å². The molecule has 0 spiro atoms. The topological polar surface area (TPSA) is 69.6 Å². The molecule has 18 heavy (non-hydrogen) atoms. The van der Waals surface area contributed by atoms with E-state index in [4.69, 9.17) is 5.11 Å². The second-order valence-corrected chi connectivity index (χ2v) is 4.66. The molecule has 1 atom stereocenters. The number of aromatic carboxylic acids is 1. The summed E-state index contributed by atoms with van der Waals surface area (Å²) in [6.07, 6.45) is 1.81. The number of aliphatic hydroxyl groups is 1. The normalized spacial score (nSPS) is 16.6. The minimum Gasteiger partial charge on any atom is -0.478 e. The zero-order valence-corrected chi connectivity index (χ0v) is 9.90. The van der Waals surface area contributed by atoms with E-state index in [1.54, 1.807) is 6.07 Å². The highest BCUT2D eigenvalue weighted by molar-refractivity contribution is 5.87. The van der Waals surface area contributed by atoms with E-state index in [9.17, 15) is 14.3 Å². The minimum atomic E-state index is -1.27. The maximum absolute atomic E-state index is 13.4.